The van der Waals surface area contributed by atoms with Crippen LogP contribution >= 0.6 is 31.9 Å². The molecule has 1 heterocycles. The smallest absolute Gasteiger partial charge is 0.135 e. The molecule has 0 aliphatic rings. The molecule has 3 N–H and O–H groups in total. The lowest BCUT2D eigenvalue weighted by molar-refractivity contribution is 0.292. The molecular formula is C16H20Br2N2O2. The Labute approximate surface area is 147 Å². The summed E-state index contributed by atoms with van der Waals surface area (Å²) in [6, 6.07) is 10.0. The summed E-state index contributed by atoms with van der Waals surface area (Å²) in [6.45, 7) is 3.38. The van der Waals surface area contributed by atoms with E-state index in [2.05, 4.69) is 42.5 Å². The van der Waals surface area contributed by atoms with Crippen LogP contribution in [-0.2, 0) is 6.54 Å². The van der Waals surface area contributed by atoms with Gasteiger partial charge in [0, 0.05) is 21.1 Å². The minimum absolute atomic E-state index is 0.189. The molecule has 0 fully saturated rings. The highest BCUT2D eigenvalue weighted by Gasteiger charge is 2.08. The van der Waals surface area contributed by atoms with E-state index in [9.17, 15) is 0 Å². The van der Waals surface area contributed by atoms with Crippen molar-refractivity contribution >= 4 is 31.9 Å². The van der Waals surface area contributed by atoms with Crippen molar-refractivity contribution in [3.05, 3.63) is 45.0 Å². The molecule has 4 nitrogen and oxygen atoms in total. The number of rotatable bonds is 9. The largest absolute Gasteiger partial charge is 0.460 e. The monoisotopic (exact) mass is 430 g/mol. The summed E-state index contributed by atoms with van der Waals surface area (Å²) < 4.78 is 7.92. The molecule has 0 saturated heterocycles. The highest BCUT2D eigenvalue weighted by Crippen LogP contribution is 2.31. The maximum atomic E-state index is 8.65. The van der Waals surface area contributed by atoms with Crippen LogP contribution in [0.2, 0.25) is 0 Å². The molecule has 0 aliphatic carbocycles. The van der Waals surface area contributed by atoms with Gasteiger partial charge in [-0.3, -0.25) is 0 Å². The molecule has 1 aromatic heterocycles. The number of aliphatic hydroxyl groups excluding tert-OH is 1. The van der Waals surface area contributed by atoms with Gasteiger partial charge >= 0.3 is 0 Å². The molecule has 1 aromatic carbocycles. The zero-order valence-corrected chi connectivity index (χ0v) is 15.4. The van der Waals surface area contributed by atoms with Crippen LogP contribution in [0.5, 0.6) is 0 Å². The van der Waals surface area contributed by atoms with E-state index in [0.29, 0.717) is 13.1 Å². The molecule has 0 bridgehead atoms. The number of hydrogen-bond acceptors (Lipinski definition) is 4. The van der Waals surface area contributed by atoms with Gasteiger partial charge in [0.15, 0.2) is 0 Å². The van der Waals surface area contributed by atoms with Crippen LogP contribution < -0.4 is 10.6 Å². The summed E-state index contributed by atoms with van der Waals surface area (Å²) in [7, 11) is 0. The maximum absolute atomic E-state index is 8.65. The van der Waals surface area contributed by atoms with Gasteiger partial charge in [0.25, 0.3) is 0 Å². The Morgan fingerprint density at radius 2 is 1.82 bits per heavy atom. The summed E-state index contributed by atoms with van der Waals surface area (Å²) >= 11 is 7.01. The summed E-state index contributed by atoms with van der Waals surface area (Å²) in [4.78, 5) is 0. The third-order valence-electron chi connectivity index (χ3n) is 3.15. The standard InChI is InChI=1S/C16H20Br2N2O2/c17-12-2-4-14(15(18)10-12)16-5-3-13(22-16)11-20-7-1-6-19-8-9-21/h2-5,10,19-21H,1,6-9,11H2. The first-order valence-corrected chi connectivity index (χ1v) is 8.85. The molecule has 22 heavy (non-hydrogen) atoms. The fourth-order valence-corrected chi connectivity index (χ4v) is 3.30. The first-order chi connectivity index (χ1) is 10.7. The topological polar surface area (TPSA) is 57.4 Å². The van der Waals surface area contributed by atoms with Crippen LogP contribution in [0.15, 0.2) is 43.7 Å². The quantitative estimate of drug-likeness (QED) is 0.531. The van der Waals surface area contributed by atoms with Gasteiger partial charge in [0.1, 0.15) is 11.5 Å². The fraction of sp³-hybridized carbons (Fsp3) is 0.375. The SMILES string of the molecule is OCCNCCCNCc1ccc(-c2ccc(Br)cc2Br)o1. The molecule has 0 aliphatic heterocycles. The van der Waals surface area contributed by atoms with Crippen LogP contribution in [0.3, 0.4) is 0 Å². The highest BCUT2D eigenvalue weighted by molar-refractivity contribution is 9.11. The summed E-state index contributed by atoms with van der Waals surface area (Å²) in [5, 5.41) is 15.2. The van der Waals surface area contributed by atoms with Crippen LogP contribution in [0.25, 0.3) is 11.3 Å². The normalized spacial score (nSPS) is 11.0. The number of aliphatic hydroxyl groups is 1. The lowest BCUT2D eigenvalue weighted by Crippen LogP contribution is -2.23. The number of nitrogens with one attached hydrogen (secondary N) is 2. The molecular weight excluding hydrogens is 412 g/mol. The molecule has 0 spiro atoms. The van der Waals surface area contributed by atoms with Gasteiger partial charge in [-0.15, -0.1) is 0 Å². The summed E-state index contributed by atoms with van der Waals surface area (Å²) in [5.41, 5.74) is 1.04. The van der Waals surface area contributed by atoms with Crippen molar-refractivity contribution in [2.24, 2.45) is 0 Å². The molecule has 120 valence electrons. The molecule has 6 heteroatoms. The van der Waals surface area contributed by atoms with Gasteiger partial charge in [-0.1, -0.05) is 15.9 Å². The Bertz CT molecular complexity index is 587. The molecule has 0 saturated carbocycles. The number of hydrogen-bond donors (Lipinski definition) is 3. The van der Waals surface area contributed by atoms with E-state index in [-0.39, 0.29) is 6.61 Å². The van der Waals surface area contributed by atoms with E-state index >= 15 is 0 Å². The van der Waals surface area contributed by atoms with Crippen molar-refractivity contribution < 1.29 is 9.52 Å². The average molecular weight is 432 g/mol. The van der Waals surface area contributed by atoms with Crippen molar-refractivity contribution in [2.75, 3.05) is 26.2 Å². The van der Waals surface area contributed by atoms with Crippen molar-refractivity contribution in [1.29, 1.82) is 0 Å². The van der Waals surface area contributed by atoms with Gasteiger partial charge in [0.2, 0.25) is 0 Å². The van der Waals surface area contributed by atoms with Gasteiger partial charge < -0.3 is 20.2 Å². The maximum Gasteiger partial charge on any atom is 0.135 e. The van der Waals surface area contributed by atoms with E-state index in [4.69, 9.17) is 9.52 Å². The predicted octanol–water partition coefficient (Wildman–Crippen LogP) is 3.53. The van der Waals surface area contributed by atoms with Gasteiger partial charge in [-0.05, 0) is 65.8 Å². The zero-order valence-electron chi connectivity index (χ0n) is 12.2. The fourth-order valence-electron chi connectivity index (χ4n) is 2.06. The van der Waals surface area contributed by atoms with E-state index in [1.807, 2.05) is 30.3 Å². The van der Waals surface area contributed by atoms with Gasteiger partial charge in [-0.2, -0.15) is 0 Å². The van der Waals surface area contributed by atoms with E-state index < -0.39 is 0 Å². The number of halogens is 2. The Kier molecular flexibility index (Phi) is 7.62. The van der Waals surface area contributed by atoms with Crippen LogP contribution in [-0.4, -0.2) is 31.3 Å². The Morgan fingerprint density at radius 1 is 1.00 bits per heavy atom. The Morgan fingerprint density at radius 3 is 2.59 bits per heavy atom. The lowest BCUT2D eigenvalue weighted by Gasteiger charge is -2.04. The average Bonchev–Trinajstić information content (AvgIpc) is 2.95. The zero-order chi connectivity index (χ0) is 15.8. The van der Waals surface area contributed by atoms with E-state index in [1.54, 1.807) is 0 Å². The molecule has 0 atom stereocenters. The minimum atomic E-state index is 0.189. The van der Waals surface area contributed by atoms with Crippen molar-refractivity contribution in [3.63, 3.8) is 0 Å². The van der Waals surface area contributed by atoms with E-state index in [0.717, 1.165) is 45.5 Å². The number of benzene rings is 1. The summed E-state index contributed by atoms with van der Waals surface area (Å²) in [6.07, 6.45) is 1.02. The second kappa shape index (κ2) is 9.47. The lowest BCUT2D eigenvalue weighted by atomic mass is 10.2. The third-order valence-corrected chi connectivity index (χ3v) is 4.30. The molecule has 0 radical (unpaired) electrons. The predicted molar refractivity (Wildman–Crippen MR) is 95.8 cm³/mol. The van der Waals surface area contributed by atoms with Crippen LogP contribution in [0.4, 0.5) is 0 Å². The van der Waals surface area contributed by atoms with Crippen LogP contribution in [0, 0.1) is 0 Å². The highest BCUT2D eigenvalue weighted by atomic mass is 79.9. The Balaban J connectivity index is 1.79. The summed E-state index contributed by atoms with van der Waals surface area (Å²) in [5.74, 6) is 1.79. The first-order valence-electron chi connectivity index (χ1n) is 7.27. The van der Waals surface area contributed by atoms with Crippen molar-refractivity contribution in [1.82, 2.24) is 10.6 Å². The third kappa shape index (κ3) is 5.52. The van der Waals surface area contributed by atoms with Crippen LogP contribution in [0.1, 0.15) is 12.2 Å². The second-order valence-corrected chi connectivity index (χ2v) is 6.66. The molecule has 2 aromatic rings. The van der Waals surface area contributed by atoms with Gasteiger partial charge in [0.05, 0.1) is 13.2 Å². The molecule has 0 unspecified atom stereocenters. The first kappa shape index (κ1) is 17.7. The Hall–Kier alpha value is -0.660. The van der Waals surface area contributed by atoms with Crippen molar-refractivity contribution in [2.45, 2.75) is 13.0 Å². The minimum Gasteiger partial charge on any atom is -0.460 e. The van der Waals surface area contributed by atoms with Crippen molar-refractivity contribution in [3.8, 4) is 11.3 Å². The second-order valence-electron chi connectivity index (χ2n) is 4.89. The van der Waals surface area contributed by atoms with Gasteiger partial charge in [-0.25, -0.2) is 0 Å². The number of furan rings is 1. The van der Waals surface area contributed by atoms with E-state index in [1.165, 1.54) is 0 Å². The molecule has 0 amide bonds. The molecule has 2 rings (SSSR count).